The molecule has 0 bridgehead atoms. The number of aromatic nitrogens is 2. The largest absolute Gasteiger partial charge is 0.363 e. The third kappa shape index (κ3) is 5.81. The van der Waals surface area contributed by atoms with Gasteiger partial charge in [-0.2, -0.15) is 0 Å². The van der Waals surface area contributed by atoms with Gasteiger partial charge in [0.15, 0.2) is 11.5 Å². The Morgan fingerprint density at radius 2 is 2.10 bits per heavy atom. The van der Waals surface area contributed by atoms with Gasteiger partial charge in [-0.05, 0) is 63.2 Å². The van der Waals surface area contributed by atoms with Gasteiger partial charge in [0.2, 0.25) is 11.6 Å². The molecule has 0 unspecified atom stereocenters. The van der Waals surface area contributed by atoms with Gasteiger partial charge in [-0.3, -0.25) is 20.3 Å². The van der Waals surface area contributed by atoms with Crippen LogP contribution in [0.3, 0.4) is 0 Å². The predicted octanol–water partition coefficient (Wildman–Crippen LogP) is 1.93. The summed E-state index contributed by atoms with van der Waals surface area (Å²) in [7, 11) is 0. The van der Waals surface area contributed by atoms with Crippen molar-refractivity contribution in [1.82, 2.24) is 21.1 Å². The molecule has 1 aromatic heterocycles. The molecule has 2 aromatic rings. The SMILES string of the molecule is O=C(CC1CC1)C(=O)NCCNc1nonc1C(=Nc1ccc(F)c(Br)c1)NO. The van der Waals surface area contributed by atoms with Crippen LogP contribution >= 0.6 is 15.9 Å². The fraction of sp³-hybridized carbons (Fsp3) is 0.353. The molecule has 1 heterocycles. The normalized spacial score (nSPS) is 13.8. The molecule has 1 aromatic carbocycles. The molecular formula is C17H18BrFN6O4. The summed E-state index contributed by atoms with van der Waals surface area (Å²) in [6, 6.07) is 4.04. The van der Waals surface area contributed by atoms with Gasteiger partial charge >= 0.3 is 0 Å². The van der Waals surface area contributed by atoms with Crippen molar-refractivity contribution in [3.8, 4) is 0 Å². The van der Waals surface area contributed by atoms with E-state index in [2.05, 4.69) is 46.5 Å². The average molecular weight is 469 g/mol. The first kappa shape index (κ1) is 20.9. The van der Waals surface area contributed by atoms with Gasteiger partial charge in [0, 0.05) is 19.5 Å². The summed E-state index contributed by atoms with van der Waals surface area (Å²) in [5.41, 5.74) is 2.31. The highest BCUT2D eigenvalue weighted by Gasteiger charge is 2.27. The molecule has 1 amide bonds. The summed E-state index contributed by atoms with van der Waals surface area (Å²) in [6.45, 7) is 0.399. The van der Waals surface area contributed by atoms with Crippen LogP contribution in [0.4, 0.5) is 15.9 Å². The van der Waals surface area contributed by atoms with Crippen molar-refractivity contribution in [2.75, 3.05) is 18.4 Å². The summed E-state index contributed by atoms with van der Waals surface area (Å²) in [5, 5.41) is 22.1. The molecule has 3 rings (SSSR count). The number of carbonyl (C=O) groups is 2. The van der Waals surface area contributed by atoms with Gasteiger partial charge in [-0.25, -0.2) is 14.0 Å². The maximum atomic E-state index is 13.3. The minimum Gasteiger partial charge on any atom is -0.363 e. The Kier molecular flexibility index (Phi) is 6.88. The molecule has 0 atom stereocenters. The Hall–Kier alpha value is -2.86. The van der Waals surface area contributed by atoms with Crippen LogP contribution in [0.1, 0.15) is 25.0 Å². The van der Waals surface area contributed by atoms with Gasteiger partial charge in [0.05, 0.1) is 10.2 Å². The molecule has 29 heavy (non-hydrogen) atoms. The van der Waals surface area contributed by atoms with Gasteiger partial charge in [0.1, 0.15) is 5.82 Å². The van der Waals surface area contributed by atoms with Crippen LogP contribution in [-0.2, 0) is 9.59 Å². The third-order valence-electron chi connectivity index (χ3n) is 4.09. The molecular weight excluding hydrogens is 451 g/mol. The Balaban J connectivity index is 1.57. The van der Waals surface area contributed by atoms with Crippen molar-refractivity contribution < 1.29 is 23.8 Å². The Bertz CT molecular complexity index is 930. The fourth-order valence-electron chi connectivity index (χ4n) is 2.41. The van der Waals surface area contributed by atoms with E-state index in [9.17, 15) is 19.2 Å². The van der Waals surface area contributed by atoms with Crippen molar-refractivity contribution in [3.05, 3.63) is 34.2 Å². The Morgan fingerprint density at radius 3 is 2.79 bits per heavy atom. The number of benzene rings is 1. The average Bonchev–Trinajstić information content (AvgIpc) is 3.40. The zero-order valence-electron chi connectivity index (χ0n) is 15.1. The first-order chi connectivity index (χ1) is 14.0. The lowest BCUT2D eigenvalue weighted by Gasteiger charge is -2.07. The number of nitrogens with one attached hydrogen (secondary N) is 3. The number of carbonyl (C=O) groups excluding carboxylic acids is 2. The van der Waals surface area contributed by atoms with Crippen LogP contribution < -0.4 is 16.1 Å². The molecule has 154 valence electrons. The lowest BCUT2D eigenvalue weighted by molar-refractivity contribution is -0.138. The second-order valence-electron chi connectivity index (χ2n) is 6.39. The van der Waals surface area contributed by atoms with E-state index in [1.54, 1.807) is 0 Å². The van der Waals surface area contributed by atoms with Crippen LogP contribution in [0.2, 0.25) is 0 Å². The van der Waals surface area contributed by atoms with E-state index in [1.807, 2.05) is 5.48 Å². The van der Waals surface area contributed by atoms with E-state index in [-0.39, 0.29) is 41.3 Å². The first-order valence-electron chi connectivity index (χ1n) is 8.79. The number of Topliss-reactive ketones (excluding diaryl/α,β-unsaturated/α-hetero) is 1. The monoisotopic (exact) mass is 468 g/mol. The molecule has 0 spiro atoms. The number of amides is 1. The molecule has 12 heteroatoms. The van der Waals surface area contributed by atoms with E-state index in [4.69, 9.17) is 0 Å². The quantitative estimate of drug-likeness (QED) is 0.144. The number of nitrogens with zero attached hydrogens (tertiary/aromatic N) is 3. The number of amidine groups is 1. The van der Waals surface area contributed by atoms with Crippen LogP contribution in [0.5, 0.6) is 0 Å². The van der Waals surface area contributed by atoms with Crippen molar-refractivity contribution in [2.24, 2.45) is 10.9 Å². The standard InChI is InChI=1S/C17H18BrFN6O4/c18-11-8-10(3-4-12(11)19)22-16(23-28)14-15(25-29-24-14)20-5-6-21-17(27)13(26)7-9-1-2-9/h3-4,8-9,28H,1-2,5-7H2,(H,20,25)(H,21,27)(H,22,23). The molecule has 0 saturated heterocycles. The number of hydrogen-bond donors (Lipinski definition) is 4. The van der Waals surface area contributed by atoms with E-state index in [0.29, 0.717) is 11.6 Å². The smallest absolute Gasteiger partial charge is 0.287 e. The Morgan fingerprint density at radius 1 is 1.31 bits per heavy atom. The summed E-state index contributed by atoms with van der Waals surface area (Å²) < 4.78 is 18.2. The molecule has 4 N–H and O–H groups in total. The number of hydroxylamine groups is 1. The lowest BCUT2D eigenvalue weighted by Crippen LogP contribution is -2.34. The van der Waals surface area contributed by atoms with E-state index in [1.165, 1.54) is 18.2 Å². The molecule has 0 radical (unpaired) electrons. The predicted molar refractivity (Wildman–Crippen MR) is 103 cm³/mol. The summed E-state index contributed by atoms with van der Waals surface area (Å²) >= 11 is 3.06. The number of hydrogen-bond acceptors (Lipinski definition) is 8. The Labute approximate surface area is 173 Å². The molecule has 0 aliphatic heterocycles. The maximum absolute atomic E-state index is 13.3. The number of ketones is 1. The molecule has 10 nitrogen and oxygen atoms in total. The van der Waals surface area contributed by atoms with Gasteiger partial charge in [0.25, 0.3) is 5.91 Å². The minimum absolute atomic E-state index is 0.0732. The fourth-order valence-corrected chi connectivity index (χ4v) is 2.77. The van der Waals surface area contributed by atoms with Crippen LogP contribution in [0.25, 0.3) is 0 Å². The van der Waals surface area contributed by atoms with E-state index >= 15 is 0 Å². The van der Waals surface area contributed by atoms with Gasteiger partial charge in [-0.1, -0.05) is 0 Å². The van der Waals surface area contributed by atoms with Crippen molar-refractivity contribution in [1.29, 1.82) is 0 Å². The van der Waals surface area contributed by atoms with Crippen molar-refractivity contribution in [2.45, 2.75) is 19.3 Å². The lowest BCUT2D eigenvalue weighted by atomic mass is 10.2. The van der Waals surface area contributed by atoms with Gasteiger partial charge < -0.3 is 10.6 Å². The highest BCUT2D eigenvalue weighted by molar-refractivity contribution is 9.10. The highest BCUT2D eigenvalue weighted by Crippen LogP contribution is 2.32. The second kappa shape index (κ2) is 9.56. The number of anilines is 1. The number of halogens is 2. The van der Waals surface area contributed by atoms with Crippen molar-refractivity contribution >= 4 is 45.0 Å². The summed E-state index contributed by atoms with van der Waals surface area (Å²) in [6.07, 6.45) is 2.29. The maximum Gasteiger partial charge on any atom is 0.287 e. The van der Waals surface area contributed by atoms with Crippen LogP contribution in [0.15, 0.2) is 32.3 Å². The third-order valence-corrected chi connectivity index (χ3v) is 4.70. The van der Waals surface area contributed by atoms with Gasteiger partial charge in [-0.15, -0.1) is 0 Å². The molecule has 1 saturated carbocycles. The molecule has 1 aliphatic carbocycles. The van der Waals surface area contributed by atoms with Crippen LogP contribution in [-0.4, -0.2) is 46.1 Å². The zero-order valence-corrected chi connectivity index (χ0v) is 16.7. The highest BCUT2D eigenvalue weighted by atomic mass is 79.9. The van der Waals surface area contributed by atoms with Crippen molar-refractivity contribution in [3.63, 3.8) is 0 Å². The number of aliphatic imine (C=N–C) groups is 1. The molecule has 1 fully saturated rings. The van der Waals surface area contributed by atoms with E-state index < -0.39 is 17.5 Å². The molecule has 1 aliphatic rings. The summed E-state index contributed by atoms with van der Waals surface area (Å²) in [5.74, 6) is -1.06. The minimum atomic E-state index is -0.613. The second-order valence-corrected chi connectivity index (χ2v) is 7.24. The summed E-state index contributed by atoms with van der Waals surface area (Å²) in [4.78, 5) is 27.5. The van der Waals surface area contributed by atoms with Crippen LogP contribution in [0, 0.1) is 11.7 Å². The zero-order chi connectivity index (χ0) is 20.8. The first-order valence-corrected chi connectivity index (χ1v) is 9.59. The number of rotatable bonds is 9. The topological polar surface area (TPSA) is 142 Å². The van der Waals surface area contributed by atoms with E-state index in [0.717, 1.165) is 12.8 Å².